The van der Waals surface area contributed by atoms with Crippen molar-refractivity contribution < 1.29 is 23.1 Å². The van der Waals surface area contributed by atoms with Gasteiger partial charge in [-0.15, -0.1) is 0 Å². The number of carbonyl (C=O) groups is 1. The molecule has 1 N–H and O–H groups in total. The van der Waals surface area contributed by atoms with Crippen molar-refractivity contribution in [3.8, 4) is 0 Å². The van der Waals surface area contributed by atoms with Crippen molar-refractivity contribution in [2.24, 2.45) is 0 Å². The van der Waals surface area contributed by atoms with Gasteiger partial charge in [0.15, 0.2) is 0 Å². The zero-order valence-electron chi connectivity index (χ0n) is 11.3. The van der Waals surface area contributed by atoms with Crippen LogP contribution >= 0.6 is 11.8 Å². The molecule has 0 saturated heterocycles. The standard InChI is InChI=1S/C16H11F3O2S/c17-16(18,19)10-5-7-13-9(8-10)4-6-11-12(15(20)21)2-1-3-14(11)22-13/h1-3,5,7-8H,4,6H2,(H,20,21). The smallest absolute Gasteiger partial charge is 0.416 e. The van der Waals surface area contributed by atoms with E-state index >= 15 is 0 Å². The number of hydrogen-bond acceptors (Lipinski definition) is 2. The maximum Gasteiger partial charge on any atom is 0.416 e. The molecule has 0 fully saturated rings. The Morgan fingerprint density at radius 3 is 2.55 bits per heavy atom. The van der Waals surface area contributed by atoms with Gasteiger partial charge in [0.2, 0.25) is 0 Å². The third-order valence-electron chi connectivity index (χ3n) is 3.62. The summed E-state index contributed by atoms with van der Waals surface area (Å²) in [4.78, 5) is 12.8. The molecule has 0 aromatic heterocycles. The van der Waals surface area contributed by atoms with Gasteiger partial charge in [-0.1, -0.05) is 17.8 Å². The first kappa shape index (κ1) is 15.0. The largest absolute Gasteiger partial charge is 0.478 e. The van der Waals surface area contributed by atoms with Gasteiger partial charge in [0.1, 0.15) is 0 Å². The number of hydrogen-bond donors (Lipinski definition) is 1. The summed E-state index contributed by atoms with van der Waals surface area (Å²) in [5.41, 5.74) is 0.835. The van der Waals surface area contributed by atoms with Crippen LogP contribution in [0, 0.1) is 0 Å². The van der Waals surface area contributed by atoms with Crippen LogP contribution in [-0.4, -0.2) is 11.1 Å². The molecule has 0 atom stereocenters. The van der Waals surface area contributed by atoms with Crippen molar-refractivity contribution in [1.29, 1.82) is 0 Å². The number of carboxylic acid groups (broad SMARTS) is 1. The number of halogens is 3. The Bertz CT molecular complexity index is 754. The first-order valence-electron chi connectivity index (χ1n) is 6.59. The zero-order valence-corrected chi connectivity index (χ0v) is 12.1. The van der Waals surface area contributed by atoms with E-state index in [4.69, 9.17) is 0 Å². The Hall–Kier alpha value is -1.95. The second kappa shape index (κ2) is 5.35. The van der Waals surface area contributed by atoms with Crippen LogP contribution < -0.4 is 0 Å². The summed E-state index contributed by atoms with van der Waals surface area (Å²) in [5.74, 6) is -1.01. The molecule has 2 aromatic carbocycles. The molecule has 0 radical (unpaired) electrons. The van der Waals surface area contributed by atoms with E-state index in [2.05, 4.69) is 0 Å². The number of fused-ring (bicyclic) bond motifs is 2. The lowest BCUT2D eigenvalue weighted by molar-refractivity contribution is -0.137. The van der Waals surface area contributed by atoms with Gasteiger partial charge >= 0.3 is 12.1 Å². The van der Waals surface area contributed by atoms with E-state index < -0.39 is 17.7 Å². The summed E-state index contributed by atoms with van der Waals surface area (Å²) in [7, 11) is 0. The summed E-state index contributed by atoms with van der Waals surface area (Å²) >= 11 is 1.32. The summed E-state index contributed by atoms with van der Waals surface area (Å²) in [6.45, 7) is 0. The van der Waals surface area contributed by atoms with Gasteiger partial charge in [0.05, 0.1) is 11.1 Å². The molecule has 0 saturated carbocycles. The molecule has 3 rings (SSSR count). The van der Waals surface area contributed by atoms with Crippen molar-refractivity contribution >= 4 is 17.7 Å². The predicted molar refractivity (Wildman–Crippen MR) is 76.4 cm³/mol. The fourth-order valence-electron chi connectivity index (χ4n) is 2.55. The minimum atomic E-state index is -4.37. The third-order valence-corrected chi connectivity index (χ3v) is 4.84. The SMILES string of the molecule is O=C(O)c1cccc2c1CCc1cc(C(F)(F)F)ccc1S2. The van der Waals surface area contributed by atoms with Crippen LogP contribution in [0.2, 0.25) is 0 Å². The molecule has 0 bridgehead atoms. The predicted octanol–water partition coefficient (Wildman–Crippen LogP) is 4.65. The van der Waals surface area contributed by atoms with Gasteiger partial charge in [-0.25, -0.2) is 4.79 Å². The molecule has 2 aromatic rings. The van der Waals surface area contributed by atoms with Crippen LogP contribution in [0.1, 0.15) is 27.0 Å². The fraction of sp³-hybridized carbons (Fsp3) is 0.188. The summed E-state index contributed by atoms with van der Waals surface area (Å²) in [5, 5.41) is 9.24. The van der Waals surface area contributed by atoms with Crippen LogP contribution in [0.15, 0.2) is 46.2 Å². The summed E-state index contributed by atoms with van der Waals surface area (Å²) in [6, 6.07) is 8.68. The molecular formula is C16H11F3O2S. The monoisotopic (exact) mass is 324 g/mol. The number of alkyl halides is 3. The molecule has 1 aliphatic heterocycles. The molecule has 6 heteroatoms. The third kappa shape index (κ3) is 2.70. The lowest BCUT2D eigenvalue weighted by atomic mass is 9.99. The van der Waals surface area contributed by atoms with Gasteiger partial charge in [-0.3, -0.25) is 0 Å². The Labute approximate surface area is 129 Å². The minimum Gasteiger partial charge on any atom is -0.478 e. The Balaban J connectivity index is 2.04. The number of aromatic carboxylic acids is 1. The van der Waals surface area contributed by atoms with Gasteiger partial charge < -0.3 is 5.11 Å². The summed E-state index contributed by atoms with van der Waals surface area (Å²) in [6.07, 6.45) is -3.56. The first-order chi connectivity index (χ1) is 10.4. The van der Waals surface area contributed by atoms with E-state index in [1.807, 2.05) is 0 Å². The van der Waals surface area contributed by atoms with Crippen molar-refractivity contribution in [1.82, 2.24) is 0 Å². The van der Waals surface area contributed by atoms with E-state index in [1.165, 1.54) is 23.9 Å². The van der Waals surface area contributed by atoms with Gasteiger partial charge in [0, 0.05) is 9.79 Å². The highest BCUT2D eigenvalue weighted by Crippen LogP contribution is 2.40. The second-order valence-electron chi connectivity index (χ2n) is 5.01. The number of rotatable bonds is 1. The first-order valence-corrected chi connectivity index (χ1v) is 7.41. The molecular weight excluding hydrogens is 313 g/mol. The molecule has 0 spiro atoms. The van der Waals surface area contributed by atoms with Crippen LogP contribution in [-0.2, 0) is 19.0 Å². The van der Waals surface area contributed by atoms with Gasteiger partial charge in [-0.05, 0) is 54.3 Å². The maximum absolute atomic E-state index is 12.8. The van der Waals surface area contributed by atoms with Gasteiger partial charge in [-0.2, -0.15) is 13.2 Å². The second-order valence-corrected chi connectivity index (χ2v) is 6.09. The van der Waals surface area contributed by atoms with Crippen LogP contribution in [0.5, 0.6) is 0 Å². The number of carboxylic acids is 1. The lowest BCUT2D eigenvalue weighted by Gasteiger charge is -2.11. The highest BCUT2D eigenvalue weighted by molar-refractivity contribution is 7.99. The minimum absolute atomic E-state index is 0.217. The topological polar surface area (TPSA) is 37.3 Å². The molecule has 1 heterocycles. The van der Waals surface area contributed by atoms with E-state index in [0.29, 0.717) is 24.0 Å². The highest BCUT2D eigenvalue weighted by atomic mass is 32.2. The van der Waals surface area contributed by atoms with E-state index in [-0.39, 0.29) is 5.56 Å². The van der Waals surface area contributed by atoms with Gasteiger partial charge in [0.25, 0.3) is 0 Å². The molecule has 114 valence electrons. The van der Waals surface area contributed by atoms with Crippen molar-refractivity contribution in [2.75, 3.05) is 0 Å². The van der Waals surface area contributed by atoms with E-state index in [9.17, 15) is 23.1 Å². The molecule has 0 aliphatic carbocycles. The molecule has 2 nitrogen and oxygen atoms in total. The normalized spacial score (nSPS) is 14.0. The molecule has 0 unspecified atom stereocenters. The van der Waals surface area contributed by atoms with Crippen molar-refractivity contribution in [3.63, 3.8) is 0 Å². The highest BCUT2D eigenvalue weighted by Gasteiger charge is 2.31. The fourth-order valence-corrected chi connectivity index (χ4v) is 3.70. The van der Waals surface area contributed by atoms with E-state index in [1.54, 1.807) is 12.1 Å². The zero-order chi connectivity index (χ0) is 15.9. The number of aryl methyl sites for hydroxylation is 1. The van der Waals surface area contributed by atoms with Crippen LogP contribution in [0.3, 0.4) is 0 Å². The quantitative estimate of drug-likeness (QED) is 0.829. The van der Waals surface area contributed by atoms with Crippen LogP contribution in [0.25, 0.3) is 0 Å². The molecule has 22 heavy (non-hydrogen) atoms. The van der Waals surface area contributed by atoms with Crippen LogP contribution in [0.4, 0.5) is 13.2 Å². The van der Waals surface area contributed by atoms with Crippen molar-refractivity contribution in [3.05, 3.63) is 58.7 Å². The Morgan fingerprint density at radius 1 is 1.09 bits per heavy atom. The molecule has 1 aliphatic rings. The Kier molecular flexibility index (Phi) is 3.64. The lowest BCUT2D eigenvalue weighted by Crippen LogP contribution is -2.06. The average Bonchev–Trinajstić information content (AvgIpc) is 2.63. The van der Waals surface area contributed by atoms with E-state index in [0.717, 1.165) is 21.9 Å². The molecule has 0 amide bonds. The maximum atomic E-state index is 12.8. The average molecular weight is 324 g/mol. The summed E-state index contributed by atoms with van der Waals surface area (Å²) < 4.78 is 38.4. The Morgan fingerprint density at radius 2 is 1.86 bits per heavy atom. The number of benzene rings is 2. The van der Waals surface area contributed by atoms with Crippen molar-refractivity contribution in [2.45, 2.75) is 28.8 Å².